The normalized spacial score (nSPS) is 11.3. The Morgan fingerprint density at radius 3 is 0.852 bits per heavy atom. The van der Waals surface area contributed by atoms with Crippen LogP contribution in [0, 0.1) is 0 Å². The molecule has 0 radical (unpaired) electrons. The summed E-state index contributed by atoms with van der Waals surface area (Å²) in [5, 5.41) is 0. The summed E-state index contributed by atoms with van der Waals surface area (Å²) in [6, 6.07) is 0. The molecule has 0 N–H and O–H groups in total. The van der Waals surface area contributed by atoms with Crippen molar-refractivity contribution < 1.29 is 23.7 Å². The van der Waals surface area contributed by atoms with Crippen LogP contribution in [-0.4, -0.2) is 66.1 Å². The fraction of sp³-hybridized carbons (Fsp3) is 1.00. The Morgan fingerprint density at radius 2 is 0.556 bits per heavy atom. The van der Waals surface area contributed by atoms with Crippen LogP contribution in [0.2, 0.25) is 0 Å². The largest absolute Gasteiger partial charge is 0.379 e. The highest BCUT2D eigenvalue weighted by atomic mass is 16.6. The van der Waals surface area contributed by atoms with Crippen molar-refractivity contribution in [3.05, 3.63) is 0 Å². The highest BCUT2D eigenvalue weighted by Crippen LogP contribution is 2.02. The first kappa shape index (κ1) is 26.8. The molecule has 0 saturated carbocycles. The minimum absolute atomic E-state index is 0.606. The molecule has 0 unspecified atom stereocenters. The van der Waals surface area contributed by atoms with Gasteiger partial charge in [-0.2, -0.15) is 0 Å². The van der Waals surface area contributed by atoms with E-state index < -0.39 is 0 Å². The van der Waals surface area contributed by atoms with Gasteiger partial charge in [0.15, 0.2) is 0 Å². The summed E-state index contributed by atoms with van der Waals surface area (Å²) >= 11 is 0. The van der Waals surface area contributed by atoms with E-state index in [0.717, 1.165) is 26.1 Å². The quantitative estimate of drug-likeness (QED) is 0.217. The van der Waals surface area contributed by atoms with Gasteiger partial charge in [-0.15, -0.1) is 0 Å². The lowest BCUT2D eigenvalue weighted by molar-refractivity contribution is -0.0114. The molecule has 0 saturated heterocycles. The summed E-state index contributed by atoms with van der Waals surface area (Å²) in [7, 11) is 0. The third-order valence-electron chi connectivity index (χ3n) is 4.27. The Hall–Kier alpha value is -0.200. The minimum Gasteiger partial charge on any atom is -0.379 e. The lowest BCUT2D eigenvalue weighted by Crippen LogP contribution is -2.13. The van der Waals surface area contributed by atoms with Crippen LogP contribution < -0.4 is 0 Å². The summed E-state index contributed by atoms with van der Waals surface area (Å²) in [4.78, 5) is 0. The molecule has 5 heteroatoms. The summed E-state index contributed by atoms with van der Waals surface area (Å²) in [5.74, 6) is 0. The Bertz CT molecular complexity index is 227. The van der Waals surface area contributed by atoms with Gasteiger partial charge < -0.3 is 23.7 Å². The van der Waals surface area contributed by atoms with Crippen LogP contribution in [0.25, 0.3) is 0 Å². The maximum Gasteiger partial charge on any atom is 0.0701 e. The van der Waals surface area contributed by atoms with Crippen LogP contribution in [0.5, 0.6) is 0 Å². The summed E-state index contributed by atoms with van der Waals surface area (Å²) in [5.41, 5.74) is 0. The summed E-state index contributed by atoms with van der Waals surface area (Å²) < 4.78 is 27.5. The fourth-order valence-corrected chi connectivity index (χ4v) is 2.60. The van der Waals surface area contributed by atoms with Gasteiger partial charge in [0.2, 0.25) is 0 Å². The first-order valence-electron chi connectivity index (χ1n) is 11.3. The SMILES string of the molecule is CCCCCCCOCCOCCOCCOCCOCCCCCCC. The van der Waals surface area contributed by atoms with Crippen LogP contribution in [0.3, 0.4) is 0 Å². The zero-order chi connectivity index (χ0) is 19.7. The average molecular weight is 391 g/mol. The number of ether oxygens (including phenoxy) is 5. The molecule has 0 rings (SSSR count). The van der Waals surface area contributed by atoms with Gasteiger partial charge in [0.05, 0.1) is 52.9 Å². The van der Waals surface area contributed by atoms with E-state index in [1.807, 2.05) is 0 Å². The first-order valence-corrected chi connectivity index (χ1v) is 11.3. The molecule has 0 aromatic carbocycles. The molecule has 0 aliphatic rings. The molecule has 0 bridgehead atoms. The molecular weight excluding hydrogens is 344 g/mol. The van der Waals surface area contributed by atoms with Crippen molar-refractivity contribution >= 4 is 0 Å². The lowest BCUT2D eigenvalue weighted by Gasteiger charge is -2.08. The Morgan fingerprint density at radius 1 is 0.296 bits per heavy atom. The third kappa shape index (κ3) is 25.8. The molecular formula is C22H46O5. The van der Waals surface area contributed by atoms with E-state index in [9.17, 15) is 0 Å². The van der Waals surface area contributed by atoms with E-state index in [-0.39, 0.29) is 0 Å². The second-order valence-electron chi connectivity index (χ2n) is 6.89. The smallest absolute Gasteiger partial charge is 0.0701 e. The van der Waals surface area contributed by atoms with E-state index >= 15 is 0 Å². The van der Waals surface area contributed by atoms with Gasteiger partial charge in [-0.3, -0.25) is 0 Å². The molecule has 5 nitrogen and oxygen atoms in total. The second kappa shape index (κ2) is 25.8. The van der Waals surface area contributed by atoms with Crippen LogP contribution in [0.1, 0.15) is 78.1 Å². The third-order valence-corrected chi connectivity index (χ3v) is 4.27. The molecule has 164 valence electrons. The molecule has 0 aliphatic carbocycles. The molecule has 0 spiro atoms. The van der Waals surface area contributed by atoms with E-state index in [2.05, 4.69) is 13.8 Å². The molecule has 0 aromatic heterocycles. The zero-order valence-corrected chi connectivity index (χ0v) is 18.2. The van der Waals surface area contributed by atoms with E-state index in [1.54, 1.807) is 0 Å². The summed E-state index contributed by atoms with van der Waals surface area (Å²) in [6.07, 6.45) is 12.8. The standard InChI is InChI=1S/C22H46O5/c1-3-5-7-9-11-13-23-15-17-25-19-21-27-22-20-26-18-16-24-14-12-10-8-6-4-2/h3-22H2,1-2H3. The molecule has 0 atom stereocenters. The van der Waals surface area contributed by atoms with Crippen molar-refractivity contribution in [3.63, 3.8) is 0 Å². The zero-order valence-electron chi connectivity index (χ0n) is 18.2. The van der Waals surface area contributed by atoms with Gasteiger partial charge in [0.1, 0.15) is 0 Å². The number of hydrogen-bond acceptors (Lipinski definition) is 5. The van der Waals surface area contributed by atoms with E-state index in [4.69, 9.17) is 23.7 Å². The highest BCUT2D eigenvalue weighted by Gasteiger charge is 1.94. The van der Waals surface area contributed by atoms with Gasteiger partial charge in [0, 0.05) is 13.2 Å². The molecule has 0 aliphatic heterocycles. The monoisotopic (exact) mass is 390 g/mol. The van der Waals surface area contributed by atoms with Crippen molar-refractivity contribution in [1.29, 1.82) is 0 Å². The van der Waals surface area contributed by atoms with Crippen LogP contribution >= 0.6 is 0 Å². The van der Waals surface area contributed by atoms with Crippen molar-refractivity contribution in [2.24, 2.45) is 0 Å². The van der Waals surface area contributed by atoms with E-state index in [1.165, 1.54) is 51.4 Å². The van der Waals surface area contributed by atoms with Crippen molar-refractivity contribution in [2.75, 3.05) is 66.1 Å². The van der Waals surface area contributed by atoms with Gasteiger partial charge in [0.25, 0.3) is 0 Å². The van der Waals surface area contributed by atoms with Crippen LogP contribution in [-0.2, 0) is 23.7 Å². The van der Waals surface area contributed by atoms with Crippen molar-refractivity contribution in [2.45, 2.75) is 78.1 Å². The maximum absolute atomic E-state index is 5.54. The molecule has 0 heterocycles. The number of hydrogen-bond donors (Lipinski definition) is 0. The topological polar surface area (TPSA) is 46.2 Å². The molecule has 0 aromatic rings. The molecule has 0 amide bonds. The lowest BCUT2D eigenvalue weighted by atomic mass is 10.2. The van der Waals surface area contributed by atoms with Gasteiger partial charge >= 0.3 is 0 Å². The maximum atomic E-state index is 5.54. The second-order valence-corrected chi connectivity index (χ2v) is 6.89. The molecule has 0 fully saturated rings. The van der Waals surface area contributed by atoms with Crippen LogP contribution in [0.4, 0.5) is 0 Å². The Labute approximate surface area is 168 Å². The number of unbranched alkanes of at least 4 members (excludes halogenated alkanes) is 8. The average Bonchev–Trinajstić information content (AvgIpc) is 2.68. The number of rotatable bonds is 24. The Kier molecular flexibility index (Phi) is 25.6. The Balaban J connectivity index is 2.95. The highest BCUT2D eigenvalue weighted by molar-refractivity contribution is 4.43. The van der Waals surface area contributed by atoms with Crippen molar-refractivity contribution in [3.8, 4) is 0 Å². The predicted molar refractivity (Wildman–Crippen MR) is 112 cm³/mol. The van der Waals surface area contributed by atoms with Gasteiger partial charge in [-0.25, -0.2) is 0 Å². The van der Waals surface area contributed by atoms with E-state index in [0.29, 0.717) is 52.9 Å². The van der Waals surface area contributed by atoms with Crippen LogP contribution in [0.15, 0.2) is 0 Å². The fourth-order valence-electron chi connectivity index (χ4n) is 2.60. The van der Waals surface area contributed by atoms with Crippen molar-refractivity contribution in [1.82, 2.24) is 0 Å². The first-order chi connectivity index (χ1) is 13.4. The summed E-state index contributed by atoms with van der Waals surface area (Å²) in [6.45, 7) is 11.2. The van der Waals surface area contributed by atoms with Gasteiger partial charge in [-0.1, -0.05) is 65.2 Å². The minimum atomic E-state index is 0.606. The molecule has 27 heavy (non-hydrogen) atoms. The predicted octanol–water partition coefficient (Wildman–Crippen LogP) is 5.01. The van der Waals surface area contributed by atoms with Gasteiger partial charge in [-0.05, 0) is 12.8 Å².